The number of hydrogen-bond acceptors (Lipinski definition) is 3. The van der Waals surface area contributed by atoms with Gasteiger partial charge in [0, 0.05) is 18.0 Å². The third-order valence-corrected chi connectivity index (χ3v) is 7.57. The molecule has 0 amide bonds. The molecule has 0 bridgehead atoms. The maximum Gasteiger partial charge on any atom is 0.241 e. The van der Waals surface area contributed by atoms with Crippen molar-refractivity contribution in [1.29, 1.82) is 0 Å². The van der Waals surface area contributed by atoms with Crippen LogP contribution in [0.4, 0.5) is 0 Å². The maximum absolute atomic E-state index is 12.8. The zero-order valence-electron chi connectivity index (χ0n) is 15.2. The Morgan fingerprint density at radius 1 is 0.923 bits per heavy atom. The van der Waals surface area contributed by atoms with E-state index < -0.39 is 10.0 Å². The quantitative estimate of drug-likeness (QED) is 0.869. The van der Waals surface area contributed by atoms with E-state index in [0.717, 1.165) is 42.7 Å². The van der Waals surface area contributed by atoms with Crippen LogP contribution in [-0.2, 0) is 10.0 Å². The van der Waals surface area contributed by atoms with Crippen LogP contribution in [0.5, 0.6) is 0 Å². The first-order valence-corrected chi connectivity index (χ1v) is 11.3. The van der Waals surface area contributed by atoms with Gasteiger partial charge in [-0.1, -0.05) is 49.2 Å². The Hall–Kier alpha value is -1.43. The molecule has 0 unspecified atom stereocenters. The van der Waals surface area contributed by atoms with E-state index in [1.165, 1.54) is 25.7 Å². The molecular formula is C21H28N2O2S. The smallest absolute Gasteiger partial charge is 0.241 e. The van der Waals surface area contributed by atoms with Crippen LogP contribution in [0, 0.1) is 5.92 Å². The lowest BCUT2D eigenvalue weighted by Crippen LogP contribution is -2.42. The summed E-state index contributed by atoms with van der Waals surface area (Å²) in [5.41, 5.74) is 0. The van der Waals surface area contributed by atoms with Gasteiger partial charge in [-0.2, -0.15) is 0 Å². The third kappa shape index (κ3) is 3.80. The highest BCUT2D eigenvalue weighted by Gasteiger charge is 2.28. The average Bonchev–Trinajstić information content (AvgIpc) is 3.21. The molecule has 26 heavy (non-hydrogen) atoms. The molecule has 2 aromatic carbocycles. The van der Waals surface area contributed by atoms with E-state index >= 15 is 0 Å². The number of likely N-dealkylation sites (tertiary alicyclic amines) is 1. The lowest BCUT2D eigenvalue weighted by molar-refractivity contribution is 0.135. The first kappa shape index (κ1) is 18.0. The molecule has 1 saturated heterocycles. The van der Waals surface area contributed by atoms with E-state index in [4.69, 9.17) is 0 Å². The van der Waals surface area contributed by atoms with Crippen LogP contribution < -0.4 is 4.72 Å². The van der Waals surface area contributed by atoms with Crippen molar-refractivity contribution in [3.05, 3.63) is 42.5 Å². The zero-order valence-corrected chi connectivity index (χ0v) is 16.0. The summed E-state index contributed by atoms with van der Waals surface area (Å²) in [6, 6.07) is 13.9. The monoisotopic (exact) mass is 372 g/mol. The molecule has 5 heteroatoms. The van der Waals surface area contributed by atoms with Gasteiger partial charge in [-0.15, -0.1) is 0 Å². The normalized spacial score (nSPS) is 20.8. The van der Waals surface area contributed by atoms with Gasteiger partial charge in [-0.25, -0.2) is 13.1 Å². The number of nitrogens with one attached hydrogen (secondary N) is 1. The Labute approximate surface area is 156 Å². The number of hydrogen-bond donors (Lipinski definition) is 1. The predicted molar refractivity (Wildman–Crippen MR) is 106 cm³/mol. The van der Waals surface area contributed by atoms with Crippen LogP contribution in [0.1, 0.15) is 38.5 Å². The van der Waals surface area contributed by atoms with Crippen LogP contribution in [0.3, 0.4) is 0 Å². The number of sulfonamides is 1. The van der Waals surface area contributed by atoms with Gasteiger partial charge < -0.3 is 4.90 Å². The standard InChI is InChI=1S/C21H28N2O2S/c24-26(25,21-11-5-7-18-6-1-4-10-20(18)21)22-16-17-12-14-23(15-13-17)19-8-2-3-9-19/h1,4-7,10-11,17,19,22H,2-3,8-9,12-16H2. The van der Waals surface area contributed by atoms with Gasteiger partial charge in [0.15, 0.2) is 0 Å². The van der Waals surface area contributed by atoms with E-state index in [2.05, 4.69) is 9.62 Å². The molecule has 4 nitrogen and oxygen atoms in total. The van der Waals surface area contributed by atoms with Crippen molar-refractivity contribution >= 4 is 20.8 Å². The van der Waals surface area contributed by atoms with Gasteiger partial charge in [0.05, 0.1) is 4.90 Å². The van der Waals surface area contributed by atoms with Crippen molar-refractivity contribution in [2.24, 2.45) is 5.92 Å². The Morgan fingerprint density at radius 3 is 2.38 bits per heavy atom. The molecular weight excluding hydrogens is 344 g/mol. The number of rotatable bonds is 5. The van der Waals surface area contributed by atoms with E-state index in [0.29, 0.717) is 17.4 Å². The minimum atomic E-state index is -3.48. The summed E-state index contributed by atoms with van der Waals surface area (Å²) < 4.78 is 28.6. The fraction of sp³-hybridized carbons (Fsp3) is 0.524. The van der Waals surface area contributed by atoms with Crippen LogP contribution >= 0.6 is 0 Å². The van der Waals surface area contributed by atoms with Crippen molar-refractivity contribution < 1.29 is 8.42 Å². The van der Waals surface area contributed by atoms with Crippen LogP contribution in [0.25, 0.3) is 10.8 Å². The topological polar surface area (TPSA) is 49.4 Å². The first-order chi connectivity index (χ1) is 12.6. The Kier molecular flexibility index (Phi) is 5.30. The molecule has 2 fully saturated rings. The summed E-state index contributed by atoms with van der Waals surface area (Å²) in [6.45, 7) is 2.78. The summed E-state index contributed by atoms with van der Waals surface area (Å²) in [7, 11) is -3.48. The minimum absolute atomic E-state index is 0.388. The molecule has 1 aliphatic heterocycles. The van der Waals surface area contributed by atoms with Crippen molar-refractivity contribution in [2.75, 3.05) is 19.6 Å². The van der Waals surface area contributed by atoms with E-state index in [1.54, 1.807) is 6.07 Å². The highest BCUT2D eigenvalue weighted by molar-refractivity contribution is 7.89. The minimum Gasteiger partial charge on any atom is -0.300 e. The summed E-state index contributed by atoms with van der Waals surface area (Å²) in [5.74, 6) is 0.442. The largest absolute Gasteiger partial charge is 0.300 e. The van der Waals surface area contributed by atoms with Gasteiger partial charge in [0.1, 0.15) is 0 Å². The fourth-order valence-electron chi connectivity index (χ4n) is 4.53. The van der Waals surface area contributed by atoms with Crippen LogP contribution in [0.15, 0.2) is 47.4 Å². The van der Waals surface area contributed by atoms with Crippen molar-refractivity contribution in [2.45, 2.75) is 49.5 Å². The Balaban J connectivity index is 1.38. The number of fused-ring (bicyclic) bond motifs is 1. The van der Waals surface area contributed by atoms with Gasteiger partial charge >= 0.3 is 0 Å². The van der Waals surface area contributed by atoms with Gasteiger partial charge in [0.25, 0.3) is 0 Å². The molecule has 2 aliphatic rings. The van der Waals surface area contributed by atoms with E-state index in [-0.39, 0.29) is 0 Å². The molecule has 0 radical (unpaired) electrons. The number of piperidine rings is 1. The molecule has 1 N–H and O–H groups in total. The van der Waals surface area contributed by atoms with Crippen molar-refractivity contribution in [3.8, 4) is 0 Å². The molecule has 0 spiro atoms. The molecule has 1 heterocycles. The van der Waals surface area contributed by atoms with Gasteiger partial charge in [-0.3, -0.25) is 0 Å². The fourth-order valence-corrected chi connectivity index (χ4v) is 5.87. The summed E-state index contributed by atoms with van der Waals surface area (Å²) in [5, 5.41) is 1.75. The van der Waals surface area contributed by atoms with Crippen LogP contribution in [0.2, 0.25) is 0 Å². The second-order valence-electron chi connectivity index (χ2n) is 7.75. The number of nitrogens with zero attached hydrogens (tertiary/aromatic N) is 1. The molecule has 2 aromatic rings. The second kappa shape index (κ2) is 7.67. The number of benzene rings is 2. The lowest BCUT2D eigenvalue weighted by Gasteiger charge is -2.36. The summed E-state index contributed by atoms with van der Waals surface area (Å²) in [4.78, 5) is 3.02. The van der Waals surface area contributed by atoms with Crippen molar-refractivity contribution in [1.82, 2.24) is 9.62 Å². The Morgan fingerprint density at radius 2 is 1.62 bits per heavy atom. The van der Waals surface area contributed by atoms with Gasteiger partial charge in [0.2, 0.25) is 10.0 Å². The molecule has 1 aliphatic carbocycles. The van der Waals surface area contributed by atoms with E-state index in [9.17, 15) is 8.42 Å². The van der Waals surface area contributed by atoms with Gasteiger partial charge in [-0.05, 0) is 56.1 Å². The van der Waals surface area contributed by atoms with E-state index in [1.807, 2.05) is 36.4 Å². The molecule has 0 atom stereocenters. The summed E-state index contributed by atoms with van der Waals surface area (Å²) in [6.07, 6.45) is 7.62. The van der Waals surface area contributed by atoms with Crippen LogP contribution in [-0.4, -0.2) is 39.0 Å². The lowest BCUT2D eigenvalue weighted by atomic mass is 9.96. The highest BCUT2D eigenvalue weighted by atomic mass is 32.2. The average molecular weight is 373 g/mol. The highest BCUT2D eigenvalue weighted by Crippen LogP contribution is 2.28. The molecule has 1 saturated carbocycles. The second-order valence-corrected chi connectivity index (χ2v) is 9.48. The molecule has 4 rings (SSSR count). The molecule has 140 valence electrons. The molecule has 0 aromatic heterocycles. The predicted octanol–water partition coefficient (Wildman–Crippen LogP) is 3.77. The third-order valence-electron chi connectivity index (χ3n) is 6.09. The summed E-state index contributed by atoms with van der Waals surface area (Å²) >= 11 is 0. The Bertz CT molecular complexity index is 846. The SMILES string of the molecule is O=S(=O)(NCC1CCN(C2CCCC2)CC1)c1cccc2ccccc12. The first-order valence-electron chi connectivity index (χ1n) is 9.85. The maximum atomic E-state index is 12.8. The zero-order chi connectivity index (χ0) is 18.0. The van der Waals surface area contributed by atoms with Crippen molar-refractivity contribution in [3.63, 3.8) is 0 Å².